The van der Waals surface area contributed by atoms with Gasteiger partial charge in [-0.05, 0) is 24.8 Å². The van der Waals surface area contributed by atoms with Crippen molar-refractivity contribution in [1.29, 1.82) is 0 Å². The van der Waals surface area contributed by atoms with E-state index in [2.05, 4.69) is 25.8 Å². The monoisotopic (exact) mass is 137 g/mol. The van der Waals surface area contributed by atoms with E-state index < -0.39 is 0 Å². The summed E-state index contributed by atoms with van der Waals surface area (Å²) in [5.74, 6) is 0.771. The second-order valence-electron chi connectivity index (χ2n) is 3.43. The van der Waals surface area contributed by atoms with Gasteiger partial charge in [-0.3, -0.25) is 4.99 Å². The molecule has 1 aliphatic heterocycles. The van der Waals surface area contributed by atoms with Gasteiger partial charge in [0.05, 0.1) is 0 Å². The van der Waals surface area contributed by atoms with E-state index in [1.54, 1.807) is 0 Å². The molecule has 0 atom stereocenters. The maximum Gasteiger partial charge on any atom is 0.0263 e. The molecule has 1 aliphatic rings. The minimum Gasteiger partial charge on any atom is -0.266 e. The van der Waals surface area contributed by atoms with E-state index in [1.165, 1.54) is 17.7 Å². The zero-order chi connectivity index (χ0) is 7.56. The highest BCUT2D eigenvalue weighted by Gasteiger charge is 2.06. The lowest BCUT2D eigenvalue weighted by Crippen LogP contribution is -1.92. The van der Waals surface area contributed by atoms with Crippen LogP contribution in [0.1, 0.15) is 33.6 Å². The van der Waals surface area contributed by atoms with Crippen molar-refractivity contribution in [2.45, 2.75) is 33.6 Å². The third-order valence-corrected chi connectivity index (χ3v) is 1.62. The predicted molar refractivity (Wildman–Crippen MR) is 45.3 cm³/mol. The van der Waals surface area contributed by atoms with Crippen LogP contribution in [0.15, 0.2) is 16.8 Å². The maximum atomic E-state index is 4.23. The third kappa shape index (κ3) is 1.98. The molecular weight excluding hydrogens is 122 g/mol. The Balaban J connectivity index is 2.35. The SMILES string of the molecule is CC1=NC=C(CC(C)C)C1. The van der Waals surface area contributed by atoms with Gasteiger partial charge in [0, 0.05) is 18.3 Å². The largest absolute Gasteiger partial charge is 0.266 e. The maximum absolute atomic E-state index is 4.23. The van der Waals surface area contributed by atoms with Crippen LogP contribution in [0.25, 0.3) is 0 Å². The normalized spacial score (nSPS) is 17.6. The molecule has 1 heterocycles. The fourth-order valence-corrected chi connectivity index (χ4v) is 1.27. The van der Waals surface area contributed by atoms with Crippen LogP contribution in [0.2, 0.25) is 0 Å². The minimum absolute atomic E-state index is 0.771. The van der Waals surface area contributed by atoms with Crippen molar-refractivity contribution in [2.24, 2.45) is 10.9 Å². The van der Waals surface area contributed by atoms with Gasteiger partial charge >= 0.3 is 0 Å². The lowest BCUT2D eigenvalue weighted by Gasteiger charge is -2.03. The molecular formula is C9H15N. The molecule has 0 unspecified atom stereocenters. The average molecular weight is 137 g/mol. The molecule has 10 heavy (non-hydrogen) atoms. The molecule has 0 N–H and O–H groups in total. The molecule has 1 nitrogen and oxygen atoms in total. The van der Waals surface area contributed by atoms with Gasteiger partial charge in [-0.15, -0.1) is 0 Å². The highest BCUT2D eigenvalue weighted by Crippen LogP contribution is 2.19. The van der Waals surface area contributed by atoms with Crippen LogP contribution < -0.4 is 0 Å². The number of nitrogens with zero attached hydrogens (tertiary/aromatic N) is 1. The molecule has 0 aliphatic carbocycles. The summed E-state index contributed by atoms with van der Waals surface area (Å²) < 4.78 is 0. The lowest BCUT2D eigenvalue weighted by atomic mass is 10.0. The Hall–Kier alpha value is -0.590. The standard InChI is InChI=1S/C9H15N/c1-7(2)4-9-5-8(3)10-6-9/h6-7H,4-5H2,1-3H3. The molecule has 0 radical (unpaired) electrons. The first kappa shape index (κ1) is 7.52. The molecule has 0 spiro atoms. The van der Waals surface area contributed by atoms with Crippen molar-refractivity contribution in [1.82, 2.24) is 0 Å². The van der Waals surface area contributed by atoms with Crippen molar-refractivity contribution in [3.05, 3.63) is 11.8 Å². The van der Waals surface area contributed by atoms with Crippen LogP contribution in [0, 0.1) is 5.92 Å². The van der Waals surface area contributed by atoms with Crippen LogP contribution in [0.5, 0.6) is 0 Å². The molecule has 56 valence electrons. The van der Waals surface area contributed by atoms with E-state index in [9.17, 15) is 0 Å². The topological polar surface area (TPSA) is 12.4 Å². The first-order chi connectivity index (χ1) is 4.68. The first-order valence-electron chi connectivity index (χ1n) is 3.89. The fraction of sp³-hybridized carbons (Fsp3) is 0.667. The van der Waals surface area contributed by atoms with Crippen LogP contribution in [0.3, 0.4) is 0 Å². The molecule has 0 saturated carbocycles. The molecule has 0 bridgehead atoms. The fourth-order valence-electron chi connectivity index (χ4n) is 1.27. The van der Waals surface area contributed by atoms with Gasteiger partial charge in [-0.25, -0.2) is 0 Å². The molecule has 1 heteroatoms. The summed E-state index contributed by atoms with van der Waals surface area (Å²) in [5, 5.41) is 0. The second kappa shape index (κ2) is 3.00. The third-order valence-electron chi connectivity index (χ3n) is 1.62. The number of hydrogen-bond acceptors (Lipinski definition) is 1. The van der Waals surface area contributed by atoms with E-state index in [0.29, 0.717) is 0 Å². The number of aliphatic imine (C=N–C) groups is 1. The van der Waals surface area contributed by atoms with E-state index in [1.807, 2.05) is 6.20 Å². The zero-order valence-corrected chi connectivity index (χ0v) is 7.02. The quantitative estimate of drug-likeness (QED) is 0.555. The summed E-state index contributed by atoms with van der Waals surface area (Å²) in [7, 11) is 0. The zero-order valence-electron chi connectivity index (χ0n) is 7.02. The van der Waals surface area contributed by atoms with Crippen molar-refractivity contribution in [3.8, 4) is 0 Å². The van der Waals surface area contributed by atoms with Crippen LogP contribution >= 0.6 is 0 Å². The summed E-state index contributed by atoms with van der Waals surface area (Å²) in [4.78, 5) is 4.23. The van der Waals surface area contributed by atoms with E-state index in [4.69, 9.17) is 0 Å². The Morgan fingerprint density at radius 1 is 1.60 bits per heavy atom. The summed E-state index contributed by atoms with van der Waals surface area (Å²) in [5.41, 5.74) is 2.75. The van der Waals surface area contributed by atoms with Gasteiger partial charge in [0.2, 0.25) is 0 Å². The molecule has 1 rings (SSSR count). The van der Waals surface area contributed by atoms with Gasteiger partial charge in [0.25, 0.3) is 0 Å². The highest BCUT2D eigenvalue weighted by molar-refractivity contribution is 5.86. The van der Waals surface area contributed by atoms with Crippen molar-refractivity contribution < 1.29 is 0 Å². The van der Waals surface area contributed by atoms with Crippen molar-refractivity contribution >= 4 is 5.71 Å². The highest BCUT2D eigenvalue weighted by atomic mass is 14.7. The molecule has 0 fully saturated rings. The van der Waals surface area contributed by atoms with Gasteiger partial charge in [-0.1, -0.05) is 13.8 Å². The minimum atomic E-state index is 0.771. The summed E-state index contributed by atoms with van der Waals surface area (Å²) in [6.45, 7) is 6.58. The van der Waals surface area contributed by atoms with Crippen LogP contribution in [-0.2, 0) is 0 Å². The Kier molecular flexibility index (Phi) is 2.25. The van der Waals surface area contributed by atoms with Crippen molar-refractivity contribution in [3.63, 3.8) is 0 Å². The molecule has 0 aromatic heterocycles. The number of rotatable bonds is 2. The number of allylic oxidation sites excluding steroid dienone is 1. The van der Waals surface area contributed by atoms with Crippen molar-refractivity contribution in [2.75, 3.05) is 0 Å². The molecule has 0 amide bonds. The lowest BCUT2D eigenvalue weighted by molar-refractivity contribution is 0.638. The predicted octanol–water partition coefficient (Wildman–Crippen LogP) is 2.78. The van der Waals surface area contributed by atoms with Gasteiger partial charge in [0.1, 0.15) is 0 Å². The average Bonchev–Trinajstić information content (AvgIpc) is 2.13. The van der Waals surface area contributed by atoms with Gasteiger partial charge < -0.3 is 0 Å². The van der Waals surface area contributed by atoms with E-state index >= 15 is 0 Å². The molecule has 0 aromatic carbocycles. The van der Waals surface area contributed by atoms with Crippen LogP contribution in [-0.4, -0.2) is 5.71 Å². The summed E-state index contributed by atoms with van der Waals surface area (Å²) >= 11 is 0. The summed E-state index contributed by atoms with van der Waals surface area (Å²) in [6, 6.07) is 0. The Morgan fingerprint density at radius 3 is 2.70 bits per heavy atom. The smallest absolute Gasteiger partial charge is 0.0263 e. The summed E-state index contributed by atoms with van der Waals surface area (Å²) in [6.07, 6.45) is 4.34. The molecule has 0 aromatic rings. The van der Waals surface area contributed by atoms with Gasteiger partial charge in [-0.2, -0.15) is 0 Å². The number of hydrogen-bond donors (Lipinski definition) is 0. The van der Waals surface area contributed by atoms with E-state index in [0.717, 1.165) is 12.3 Å². The first-order valence-corrected chi connectivity index (χ1v) is 3.89. The van der Waals surface area contributed by atoms with Crippen LogP contribution in [0.4, 0.5) is 0 Å². The van der Waals surface area contributed by atoms with Gasteiger partial charge in [0.15, 0.2) is 0 Å². The molecule has 0 saturated heterocycles. The Morgan fingerprint density at radius 2 is 2.30 bits per heavy atom. The Bertz CT molecular complexity index is 175. The van der Waals surface area contributed by atoms with E-state index in [-0.39, 0.29) is 0 Å². The Labute approximate surface area is 62.9 Å². The second-order valence-corrected chi connectivity index (χ2v) is 3.43.